The number of rotatable bonds is 4. The van der Waals surface area contributed by atoms with Gasteiger partial charge >= 0.3 is 0 Å². The zero-order valence-electron chi connectivity index (χ0n) is 10.9. The number of carbonyl (C=O) groups excluding carboxylic acids is 1. The largest absolute Gasteiger partial charge is 0.389 e. The van der Waals surface area contributed by atoms with Crippen LogP contribution in [0.2, 0.25) is 10.0 Å². The van der Waals surface area contributed by atoms with Crippen LogP contribution in [-0.2, 0) is 6.54 Å². The SMILES string of the molecule is NC(=S)c1ccc(CNC(=O)c2cccc(Cl)c2Cl)cc1. The molecule has 6 heteroatoms. The number of hydrogen-bond acceptors (Lipinski definition) is 2. The van der Waals surface area contributed by atoms with Crippen molar-refractivity contribution in [3.05, 3.63) is 69.2 Å². The van der Waals surface area contributed by atoms with Crippen molar-refractivity contribution in [2.75, 3.05) is 0 Å². The predicted octanol–water partition coefficient (Wildman–Crippen LogP) is 3.56. The highest BCUT2D eigenvalue weighted by Gasteiger charge is 2.12. The van der Waals surface area contributed by atoms with Gasteiger partial charge in [-0.1, -0.05) is 65.8 Å². The first kappa shape index (κ1) is 15.8. The molecule has 0 spiro atoms. The van der Waals surface area contributed by atoms with Crippen LogP contribution in [0.3, 0.4) is 0 Å². The van der Waals surface area contributed by atoms with E-state index in [1.54, 1.807) is 18.2 Å². The zero-order valence-corrected chi connectivity index (χ0v) is 13.2. The number of thiocarbonyl (C=S) groups is 1. The van der Waals surface area contributed by atoms with Crippen LogP contribution in [0, 0.1) is 0 Å². The number of amides is 1. The Balaban J connectivity index is 2.04. The van der Waals surface area contributed by atoms with Gasteiger partial charge in [0.1, 0.15) is 4.99 Å². The van der Waals surface area contributed by atoms with E-state index in [1.165, 1.54) is 0 Å². The molecule has 1 amide bonds. The topological polar surface area (TPSA) is 55.1 Å². The van der Waals surface area contributed by atoms with Crippen molar-refractivity contribution in [3.63, 3.8) is 0 Å². The second kappa shape index (κ2) is 6.89. The van der Waals surface area contributed by atoms with Gasteiger partial charge in [0.25, 0.3) is 5.91 Å². The Bertz CT molecular complexity index is 687. The Kier molecular flexibility index (Phi) is 5.17. The van der Waals surface area contributed by atoms with E-state index in [-0.39, 0.29) is 10.9 Å². The van der Waals surface area contributed by atoms with Crippen LogP contribution < -0.4 is 11.1 Å². The molecule has 0 fully saturated rings. The molecular formula is C15H12Cl2N2OS. The summed E-state index contributed by atoms with van der Waals surface area (Å²) < 4.78 is 0. The number of benzene rings is 2. The van der Waals surface area contributed by atoms with E-state index in [0.29, 0.717) is 22.1 Å². The van der Waals surface area contributed by atoms with Gasteiger partial charge in [-0.3, -0.25) is 4.79 Å². The lowest BCUT2D eigenvalue weighted by atomic mass is 10.1. The summed E-state index contributed by atoms with van der Waals surface area (Å²) in [5.41, 5.74) is 7.60. The molecule has 0 aromatic heterocycles. The molecule has 2 aromatic rings. The minimum absolute atomic E-state index is 0.250. The molecule has 0 aliphatic rings. The van der Waals surface area contributed by atoms with Gasteiger partial charge in [0, 0.05) is 12.1 Å². The van der Waals surface area contributed by atoms with E-state index >= 15 is 0 Å². The average Bonchev–Trinajstić information content (AvgIpc) is 2.48. The van der Waals surface area contributed by atoms with Crippen LogP contribution in [0.25, 0.3) is 0 Å². The van der Waals surface area contributed by atoms with Crippen molar-refractivity contribution in [3.8, 4) is 0 Å². The summed E-state index contributed by atoms with van der Waals surface area (Å²) in [6, 6.07) is 12.3. The van der Waals surface area contributed by atoms with Gasteiger partial charge in [-0.2, -0.15) is 0 Å². The van der Waals surface area contributed by atoms with E-state index in [9.17, 15) is 4.79 Å². The fourth-order valence-corrected chi connectivity index (χ4v) is 2.27. The summed E-state index contributed by atoms with van der Waals surface area (Å²) in [6.07, 6.45) is 0. The first-order valence-corrected chi connectivity index (χ1v) is 7.26. The summed E-state index contributed by atoms with van der Waals surface area (Å²) in [7, 11) is 0. The molecule has 0 saturated heterocycles. The number of halogens is 2. The number of hydrogen-bond donors (Lipinski definition) is 2. The van der Waals surface area contributed by atoms with Crippen LogP contribution in [0.1, 0.15) is 21.5 Å². The zero-order chi connectivity index (χ0) is 15.4. The summed E-state index contributed by atoms with van der Waals surface area (Å²) in [4.78, 5) is 12.4. The van der Waals surface area contributed by atoms with Gasteiger partial charge < -0.3 is 11.1 Å². The van der Waals surface area contributed by atoms with E-state index < -0.39 is 0 Å². The molecule has 0 atom stereocenters. The van der Waals surface area contributed by atoms with Crippen molar-refractivity contribution in [2.24, 2.45) is 5.73 Å². The van der Waals surface area contributed by atoms with Gasteiger partial charge in [-0.15, -0.1) is 0 Å². The van der Waals surface area contributed by atoms with E-state index in [4.69, 9.17) is 41.2 Å². The number of nitrogens with one attached hydrogen (secondary N) is 1. The molecule has 0 bridgehead atoms. The van der Waals surface area contributed by atoms with Crippen LogP contribution in [0.5, 0.6) is 0 Å². The minimum Gasteiger partial charge on any atom is -0.389 e. The second-order valence-electron chi connectivity index (χ2n) is 4.35. The minimum atomic E-state index is -0.277. The summed E-state index contributed by atoms with van der Waals surface area (Å²) >= 11 is 16.8. The molecule has 0 unspecified atom stereocenters. The maximum Gasteiger partial charge on any atom is 0.253 e. The normalized spacial score (nSPS) is 10.2. The van der Waals surface area contributed by atoms with Gasteiger partial charge in [-0.05, 0) is 17.7 Å². The molecule has 3 N–H and O–H groups in total. The third-order valence-electron chi connectivity index (χ3n) is 2.89. The Morgan fingerprint density at radius 1 is 1.14 bits per heavy atom. The molecule has 3 nitrogen and oxygen atoms in total. The van der Waals surface area contributed by atoms with Crippen LogP contribution in [-0.4, -0.2) is 10.9 Å². The number of nitrogens with two attached hydrogens (primary N) is 1. The highest BCUT2D eigenvalue weighted by molar-refractivity contribution is 7.80. The third kappa shape index (κ3) is 3.94. The monoisotopic (exact) mass is 338 g/mol. The smallest absolute Gasteiger partial charge is 0.253 e. The lowest BCUT2D eigenvalue weighted by Gasteiger charge is -2.08. The molecule has 0 heterocycles. The van der Waals surface area contributed by atoms with Crippen molar-refractivity contribution >= 4 is 46.3 Å². The predicted molar refractivity (Wildman–Crippen MR) is 90.0 cm³/mol. The maximum absolute atomic E-state index is 12.1. The highest BCUT2D eigenvalue weighted by atomic mass is 35.5. The van der Waals surface area contributed by atoms with Crippen molar-refractivity contribution < 1.29 is 4.79 Å². The Morgan fingerprint density at radius 3 is 2.43 bits per heavy atom. The first-order valence-electron chi connectivity index (χ1n) is 6.10. The third-order valence-corrected chi connectivity index (χ3v) is 3.94. The maximum atomic E-state index is 12.1. The lowest BCUT2D eigenvalue weighted by molar-refractivity contribution is 0.0951. The molecule has 0 aliphatic carbocycles. The van der Waals surface area contributed by atoms with E-state index in [0.717, 1.165) is 11.1 Å². The molecule has 21 heavy (non-hydrogen) atoms. The molecule has 108 valence electrons. The standard InChI is InChI=1S/C15H12Cl2N2OS/c16-12-3-1-2-11(13(12)17)15(20)19-8-9-4-6-10(7-5-9)14(18)21/h1-7H,8H2,(H2,18,21)(H,19,20). The van der Waals surface area contributed by atoms with Crippen molar-refractivity contribution in [2.45, 2.75) is 6.54 Å². The molecule has 0 saturated carbocycles. The average molecular weight is 339 g/mol. The first-order chi connectivity index (χ1) is 9.99. The van der Waals surface area contributed by atoms with Gasteiger partial charge in [0.15, 0.2) is 0 Å². The van der Waals surface area contributed by atoms with Crippen LogP contribution in [0.4, 0.5) is 0 Å². The molecule has 2 rings (SSSR count). The second-order valence-corrected chi connectivity index (χ2v) is 5.57. The highest BCUT2D eigenvalue weighted by Crippen LogP contribution is 2.25. The summed E-state index contributed by atoms with van der Waals surface area (Å²) in [5.74, 6) is -0.277. The Labute approximate surface area is 138 Å². The lowest BCUT2D eigenvalue weighted by Crippen LogP contribution is -2.23. The molecular weight excluding hydrogens is 327 g/mol. The fraction of sp³-hybridized carbons (Fsp3) is 0.0667. The summed E-state index contributed by atoms with van der Waals surface area (Å²) in [5, 5.41) is 3.39. The van der Waals surface area contributed by atoms with Gasteiger partial charge in [0.05, 0.1) is 15.6 Å². The van der Waals surface area contributed by atoms with Crippen molar-refractivity contribution in [1.82, 2.24) is 5.32 Å². The Morgan fingerprint density at radius 2 is 1.81 bits per heavy atom. The van der Waals surface area contributed by atoms with Crippen LogP contribution >= 0.6 is 35.4 Å². The van der Waals surface area contributed by atoms with Crippen molar-refractivity contribution in [1.29, 1.82) is 0 Å². The van der Waals surface area contributed by atoms with Gasteiger partial charge in [0.2, 0.25) is 0 Å². The summed E-state index contributed by atoms with van der Waals surface area (Å²) in [6.45, 7) is 0.374. The fourth-order valence-electron chi connectivity index (χ4n) is 1.74. The van der Waals surface area contributed by atoms with Gasteiger partial charge in [-0.25, -0.2) is 0 Å². The molecule has 0 radical (unpaired) electrons. The quantitative estimate of drug-likeness (QED) is 0.838. The van der Waals surface area contributed by atoms with Crippen LogP contribution in [0.15, 0.2) is 42.5 Å². The number of carbonyl (C=O) groups is 1. The molecule has 0 aliphatic heterocycles. The van der Waals surface area contributed by atoms with E-state index in [1.807, 2.05) is 24.3 Å². The van der Waals surface area contributed by atoms with E-state index in [2.05, 4.69) is 5.32 Å². The Hall–Kier alpha value is -1.62. The molecule has 2 aromatic carbocycles.